The van der Waals surface area contributed by atoms with Gasteiger partial charge in [0.05, 0.1) is 17.7 Å². The van der Waals surface area contributed by atoms with Crippen molar-refractivity contribution in [1.82, 2.24) is 10.7 Å². The average Bonchev–Trinajstić information content (AvgIpc) is 2.67. The highest BCUT2D eigenvalue weighted by molar-refractivity contribution is 7.80. The molecule has 8 nitrogen and oxygen atoms in total. The molecule has 2 aromatic rings. The van der Waals surface area contributed by atoms with E-state index in [0.29, 0.717) is 23.2 Å². The molecule has 0 saturated heterocycles. The van der Waals surface area contributed by atoms with Gasteiger partial charge in [0, 0.05) is 19.2 Å². The molecule has 0 atom stereocenters. The van der Waals surface area contributed by atoms with E-state index in [1.807, 2.05) is 19.1 Å². The van der Waals surface area contributed by atoms with Crippen molar-refractivity contribution in [2.24, 2.45) is 5.10 Å². The van der Waals surface area contributed by atoms with Gasteiger partial charge in [0.2, 0.25) is 0 Å². The van der Waals surface area contributed by atoms with Gasteiger partial charge >= 0.3 is 0 Å². The van der Waals surface area contributed by atoms with Gasteiger partial charge in [-0.25, -0.2) is 0 Å². The highest BCUT2D eigenvalue weighted by atomic mass is 32.1. The lowest BCUT2D eigenvalue weighted by Crippen LogP contribution is -2.28. The second-order valence-electron chi connectivity index (χ2n) is 5.30. The third kappa shape index (κ3) is 6.23. The Hall–Kier alpha value is -3.20. The minimum atomic E-state index is -0.434. The first-order valence-corrected chi connectivity index (χ1v) is 8.58. The van der Waals surface area contributed by atoms with Gasteiger partial charge in [-0.1, -0.05) is 0 Å². The number of nitrogens with zero attached hydrogens (tertiary/aromatic N) is 2. The van der Waals surface area contributed by atoms with Crippen molar-refractivity contribution in [1.29, 1.82) is 0 Å². The Labute approximate surface area is 162 Å². The minimum absolute atomic E-state index is 0.0451. The van der Waals surface area contributed by atoms with Gasteiger partial charge in [-0.3, -0.25) is 15.5 Å². The molecule has 0 heterocycles. The summed E-state index contributed by atoms with van der Waals surface area (Å²) in [6.07, 6.45) is 1.62. The van der Waals surface area contributed by atoms with Crippen LogP contribution in [-0.4, -0.2) is 29.9 Å². The molecule has 0 spiro atoms. The second kappa shape index (κ2) is 10.1. The summed E-state index contributed by atoms with van der Waals surface area (Å²) in [6, 6.07) is 11.7. The lowest BCUT2D eigenvalue weighted by Gasteiger charge is -2.12. The zero-order valence-corrected chi connectivity index (χ0v) is 15.8. The van der Waals surface area contributed by atoms with Gasteiger partial charge in [-0.15, -0.1) is 0 Å². The topological polar surface area (TPSA) is 98.0 Å². The molecule has 0 saturated carbocycles. The summed E-state index contributed by atoms with van der Waals surface area (Å²) in [5.74, 6) is 1.16. The predicted molar refractivity (Wildman–Crippen MR) is 107 cm³/mol. The van der Waals surface area contributed by atoms with Crippen LogP contribution in [0.3, 0.4) is 0 Å². The first-order valence-electron chi connectivity index (χ1n) is 8.17. The molecule has 2 rings (SSSR count). The highest BCUT2D eigenvalue weighted by Crippen LogP contribution is 2.29. The molecule has 0 aliphatic heterocycles. The van der Waals surface area contributed by atoms with Gasteiger partial charge in [0.15, 0.2) is 16.6 Å². The maximum atomic E-state index is 10.7. The number of thiocarbonyl (C=S) groups is 1. The first-order chi connectivity index (χ1) is 13.0. The SMILES string of the molecule is CCOc1cc(C=NNC(=S)NC)ccc1OCc1ccc([N+](=O)[O-])cc1. The quantitative estimate of drug-likeness (QED) is 0.310. The Morgan fingerprint density at radius 2 is 1.96 bits per heavy atom. The van der Waals surface area contributed by atoms with E-state index < -0.39 is 4.92 Å². The van der Waals surface area contributed by atoms with Crippen LogP contribution in [0.5, 0.6) is 11.5 Å². The number of hydrazone groups is 1. The molecule has 0 amide bonds. The van der Waals surface area contributed by atoms with Crippen molar-refractivity contribution in [3.05, 3.63) is 63.7 Å². The zero-order valence-electron chi connectivity index (χ0n) is 15.0. The van der Waals surface area contributed by atoms with Gasteiger partial charge in [0.25, 0.3) is 5.69 Å². The third-order valence-electron chi connectivity index (χ3n) is 3.42. The third-order valence-corrected chi connectivity index (χ3v) is 3.71. The molecule has 0 radical (unpaired) electrons. The molecule has 142 valence electrons. The number of hydrogen-bond acceptors (Lipinski definition) is 6. The van der Waals surface area contributed by atoms with Crippen LogP contribution in [0.4, 0.5) is 5.69 Å². The number of benzene rings is 2. The lowest BCUT2D eigenvalue weighted by atomic mass is 10.2. The highest BCUT2D eigenvalue weighted by Gasteiger charge is 2.08. The Morgan fingerprint density at radius 3 is 2.59 bits per heavy atom. The summed E-state index contributed by atoms with van der Waals surface area (Å²) in [4.78, 5) is 10.3. The van der Waals surface area contributed by atoms with Crippen molar-refractivity contribution in [2.45, 2.75) is 13.5 Å². The Morgan fingerprint density at radius 1 is 1.22 bits per heavy atom. The standard InChI is InChI=1S/C18H20N4O4S/c1-3-25-17-10-14(11-20-21-18(27)19-2)6-9-16(17)26-12-13-4-7-15(8-5-13)22(23)24/h4-11H,3,12H2,1-2H3,(H2,19,21,27). The number of nitrogens with one attached hydrogen (secondary N) is 2. The van der Waals surface area contributed by atoms with E-state index in [0.717, 1.165) is 11.1 Å². The van der Waals surface area contributed by atoms with Crippen molar-refractivity contribution in [3.8, 4) is 11.5 Å². The van der Waals surface area contributed by atoms with E-state index >= 15 is 0 Å². The summed E-state index contributed by atoms with van der Waals surface area (Å²) in [5.41, 5.74) is 4.35. The van der Waals surface area contributed by atoms with Crippen LogP contribution in [-0.2, 0) is 6.61 Å². The second-order valence-corrected chi connectivity index (χ2v) is 5.71. The van der Waals surface area contributed by atoms with E-state index in [-0.39, 0.29) is 12.3 Å². The van der Waals surface area contributed by atoms with Crippen LogP contribution in [0.1, 0.15) is 18.1 Å². The van der Waals surface area contributed by atoms with Gasteiger partial charge in [-0.2, -0.15) is 5.10 Å². The number of hydrogen-bond donors (Lipinski definition) is 2. The molecule has 0 unspecified atom stereocenters. The van der Waals surface area contributed by atoms with Crippen LogP contribution in [0.25, 0.3) is 0 Å². The van der Waals surface area contributed by atoms with Crippen LogP contribution in [0, 0.1) is 10.1 Å². The average molecular weight is 388 g/mol. The largest absolute Gasteiger partial charge is 0.490 e. The van der Waals surface area contributed by atoms with E-state index in [2.05, 4.69) is 15.8 Å². The fourth-order valence-corrected chi connectivity index (χ4v) is 2.14. The summed E-state index contributed by atoms with van der Waals surface area (Å²) >= 11 is 4.94. The fourth-order valence-electron chi connectivity index (χ4n) is 2.09. The molecule has 0 aliphatic carbocycles. The van der Waals surface area contributed by atoms with E-state index in [1.165, 1.54) is 12.1 Å². The number of rotatable bonds is 8. The normalized spacial score (nSPS) is 10.4. The van der Waals surface area contributed by atoms with Crippen LogP contribution in [0.15, 0.2) is 47.6 Å². The van der Waals surface area contributed by atoms with Crippen LogP contribution in [0.2, 0.25) is 0 Å². The van der Waals surface area contributed by atoms with Crippen molar-refractivity contribution < 1.29 is 14.4 Å². The smallest absolute Gasteiger partial charge is 0.269 e. The molecular weight excluding hydrogens is 368 g/mol. The Balaban J connectivity index is 2.06. The van der Waals surface area contributed by atoms with Crippen molar-refractivity contribution in [3.63, 3.8) is 0 Å². The molecule has 27 heavy (non-hydrogen) atoms. The van der Waals surface area contributed by atoms with E-state index in [9.17, 15) is 10.1 Å². The van der Waals surface area contributed by atoms with Gasteiger partial charge in [-0.05, 0) is 60.6 Å². The first kappa shape index (κ1) is 20.1. The molecule has 0 aromatic heterocycles. The maximum Gasteiger partial charge on any atom is 0.269 e. The van der Waals surface area contributed by atoms with Gasteiger partial charge in [0.1, 0.15) is 6.61 Å². The number of nitro benzene ring substituents is 1. The molecule has 0 aliphatic rings. The molecule has 0 bridgehead atoms. The lowest BCUT2D eigenvalue weighted by molar-refractivity contribution is -0.384. The van der Waals surface area contributed by atoms with E-state index in [1.54, 1.807) is 31.5 Å². The predicted octanol–water partition coefficient (Wildman–Crippen LogP) is 3.00. The molecule has 0 fully saturated rings. The number of ether oxygens (including phenoxy) is 2. The van der Waals surface area contributed by atoms with Crippen molar-refractivity contribution in [2.75, 3.05) is 13.7 Å². The number of non-ortho nitro benzene ring substituents is 1. The van der Waals surface area contributed by atoms with Crippen LogP contribution >= 0.6 is 12.2 Å². The fraction of sp³-hybridized carbons (Fsp3) is 0.222. The zero-order chi connectivity index (χ0) is 19.6. The summed E-state index contributed by atoms with van der Waals surface area (Å²) in [5, 5.41) is 17.9. The monoisotopic (exact) mass is 388 g/mol. The maximum absolute atomic E-state index is 10.7. The summed E-state index contributed by atoms with van der Waals surface area (Å²) < 4.78 is 11.4. The molecule has 9 heteroatoms. The Bertz CT molecular complexity index is 825. The van der Waals surface area contributed by atoms with Crippen molar-refractivity contribution >= 4 is 29.2 Å². The Kier molecular flexibility index (Phi) is 7.50. The molecule has 2 N–H and O–H groups in total. The minimum Gasteiger partial charge on any atom is -0.490 e. The summed E-state index contributed by atoms with van der Waals surface area (Å²) in [6.45, 7) is 2.63. The number of nitro groups is 1. The summed E-state index contributed by atoms with van der Waals surface area (Å²) in [7, 11) is 1.70. The van der Waals surface area contributed by atoms with E-state index in [4.69, 9.17) is 21.7 Å². The van der Waals surface area contributed by atoms with Gasteiger partial charge < -0.3 is 14.8 Å². The molecule has 2 aromatic carbocycles. The molecular formula is C18H20N4O4S. The van der Waals surface area contributed by atoms with Crippen LogP contribution < -0.4 is 20.2 Å².